The lowest BCUT2D eigenvalue weighted by molar-refractivity contribution is 0.200. The van der Waals surface area contributed by atoms with Crippen molar-refractivity contribution in [3.63, 3.8) is 0 Å². The molecule has 60 valence electrons. The maximum absolute atomic E-state index is 12.3. The first kappa shape index (κ1) is 8.07. The summed E-state index contributed by atoms with van der Waals surface area (Å²) in [4.78, 5) is 7.50. The average Bonchev–Trinajstić information content (AvgIpc) is 2.04. The van der Waals surface area contributed by atoms with Gasteiger partial charge in [0, 0.05) is 13.5 Å². The van der Waals surface area contributed by atoms with E-state index >= 15 is 0 Å². The third kappa shape index (κ3) is 2.59. The Morgan fingerprint density at radius 1 is 1.45 bits per heavy atom. The molecule has 1 heterocycles. The van der Waals surface area contributed by atoms with Crippen molar-refractivity contribution >= 4 is 0 Å². The van der Waals surface area contributed by atoms with Gasteiger partial charge in [0.15, 0.2) is 5.82 Å². The van der Waals surface area contributed by atoms with Crippen molar-refractivity contribution in [2.45, 2.75) is 6.42 Å². The van der Waals surface area contributed by atoms with E-state index in [9.17, 15) is 4.39 Å². The van der Waals surface area contributed by atoms with E-state index in [4.69, 9.17) is 4.74 Å². The van der Waals surface area contributed by atoms with Gasteiger partial charge in [0.05, 0.1) is 19.0 Å². The summed E-state index contributed by atoms with van der Waals surface area (Å²) in [6.07, 6.45) is 2.92. The predicted molar refractivity (Wildman–Crippen MR) is 37.6 cm³/mol. The number of rotatable bonds is 3. The molecule has 0 radical (unpaired) electrons. The van der Waals surface area contributed by atoms with Crippen LogP contribution in [0.2, 0.25) is 0 Å². The van der Waals surface area contributed by atoms with Crippen molar-refractivity contribution in [2.24, 2.45) is 0 Å². The normalized spacial score (nSPS) is 10.0. The Balaban J connectivity index is 2.52. The lowest BCUT2D eigenvalue weighted by Gasteiger charge is -1.96. The molecular formula is C7H9FN2O. The van der Waals surface area contributed by atoms with Crippen LogP contribution in [0.4, 0.5) is 4.39 Å². The molecule has 0 saturated heterocycles. The summed E-state index contributed by atoms with van der Waals surface area (Å²) in [6, 6.07) is 0. The minimum Gasteiger partial charge on any atom is -0.384 e. The molecule has 0 spiro atoms. The molecule has 3 nitrogen and oxygen atoms in total. The molecule has 4 heteroatoms. The van der Waals surface area contributed by atoms with Gasteiger partial charge in [-0.05, 0) is 0 Å². The molecule has 0 saturated carbocycles. The zero-order valence-corrected chi connectivity index (χ0v) is 6.25. The van der Waals surface area contributed by atoms with Gasteiger partial charge in [-0.25, -0.2) is 14.4 Å². The first-order valence-electron chi connectivity index (χ1n) is 3.28. The highest BCUT2D eigenvalue weighted by atomic mass is 19.1. The van der Waals surface area contributed by atoms with Gasteiger partial charge in [-0.2, -0.15) is 0 Å². The fourth-order valence-electron chi connectivity index (χ4n) is 0.661. The lowest BCUT2D eigenvalue weighted by atomic mass is 10.4. The number of nitrogens with zero attached hydrogens (tertiary/aromatic N) is 2. The van der Waals surface area contributed by atoms with Gasteiger partial charge in [0.25, 0.3) is 0 Å². The Morgan fingerprint density at radius 3 is 2.64 bits per heavy atom. The minimum absolute atomic E-state index is 0.411. The van der Waals surface area contributed by atoms with E-state index in [2.05, 4.69) is 9.97 Å². The van der Waals surface area contributed by atoms with Crippen LogP contribution in [0, 0.1) is 5.82 Å². The van der Waals surface area contributed by atoms with Crippen molar-refractivity contribution < 1.29 is 9.13 Å². The molecule has 0 aliphatic rings. The number of hydrogen-bond acceptors (Lipinski definition) is 3. The van der Waals surface area contributed by atoms with E-state index in [0.717, 1.165) is 12.4 Å². The monoisotopic (exact) mass is 156 g/mol. The SMILES string of the molecule is COCCc1ncc(F)cn1. The molecule has 0 amide bonds. The van der Waals surface area contributed by atoms with Gasteiger partial charge < -0.3 is 4.74 Å². The molecule has 0 fully saturated rings. The molecule has 1 aromatic heterocycles. The lowest BCUT2D eigenvalue weighted by Crippen LogP contribution is -2.00. The summed E-state index contributed by atoms with van der Waals surface area (Å²) in [5, 5.41) is 0. The first-order chi connectivity index (χ1) is 5.33. The standard InChI is InChI=1S/C7H9FN2O/c1-11-3-2-7-9-4-6(8)5-10-7/h4-5H,2-3H2,1H3. The van der Waals surface area contributed by atoms with E-state index in [1.54, 1.807) is 7.11 Å². The van der Waals surface area contributed by atoms with Crippen LogP contribution < -0.4 is 0 Å². The number of hydrogen-bond donors (Lipinski definition) is 0. The molecule has 0 N–H and O–H groups in total. The molecule has 1 rings (SSSR count). The van der Waals surface area contributed by atoms with Crippen LogP contribution in [0.5, 0.6) is 0 Å². The smallest absolute Gasteiger partial charge is 0.159 e. The second-order valence-corrected chi connectivity index (χ2v) is 2.06. The summed E-state index contributed by atoms with van der Waals surface area (Å²) in [7, 11) is 1.60. The van der Waals surface area contributed by atoms with Crippen LogP contribution in [-0.2, 0) is 11.2 Å². The topological polar surface area (TPSA) is 35.0 Å². The Morgan fingerprint density at radius 2 is 2.09 bits per heavy atom. The van der Waals surface area contributed by atoms with Gasteiger partial charge in [-0.1, -0.05) is 0 Å². The second kappa shape index (κ2) is 3.98. The average molecular weight is 156 g/mol. The highest BCUT2D eigenvalue weighted by molar-refractivity contribution is 4.91. The van der Waals surface area contributed by atoms with Crippen molar-refractivity contribution in [2.75, 3.05) is 13.7 Å². The number of ether oxygens (including phenoxy) is 1. The Kier molecular flexibility index (Phi) is 2.92. The van der Waals surface area contributed by atoms with Crippen LogP contribution in [0.15, 0.2) is 12.4 Å². The van der Waals surface area contributed by atoms with Gasteiger partial charge in [-0.15, -0.1) is 0 Å². The van der Waals surface area contributed by atoms with Crippen LogP contribution in [0.3, 0.4) is 0 Å². The number of methoxy groups -OCH3 is 1. The fraction of sp³-hybridized carbons (Fsp3) is 0.429. The zero-order valence-electron chi connectivity index (χ0n) is 6.25. The molecule has 0 unspecified atom stereocenters. The number of halogens is 1. The Bertz CT molecular complexity index is 212. The first-order valence-corrected chi connectivity index (χ1v) is 3.28. The fourth-order valence-corrected chi connectivity index (χ4v) is 0.661. The van der Waals surface area contributed by atoms with Crippen molar-refractivity contribution in [3.8, 4) is 0 Å². The van der Waals surface area contributed by atoms with Crippen molar-refractivity contribution in [1.82, 2.24) is 9.97 Å². The molecule has 0 bridgehead atoms. The third-order valence-corrected chi connectivity index (χ3v) is 1.20. The molecule has 0 aliphatic carbocycles. The van der Waals surface area contributed by atoms with Crippen molar-refractivity contribution in [1.29, 1.82) is 0 Å². The van der Waals surface area contributed by atoms with Crippen LogP contribution in [-0.4, -0.2) is 23.7 Å². The molecule has 11 heavy (non-hydrogen) atoms. The molecular weight excluding hydrogens is 147 g/mol. The second-order valence-electron chi connectivity index (χ2n) is 2.06. The minimum atomic E-state index is -0.411. The van der Waals surface area contributed by atoms with Gasteiger partial charge in [-0.3, -0.25) is 0 Å². The van der Waals surface area contributed by atoms with E-state index in [1.807, 2.05) is 0 Å². The zero-order chi connectivity index (χ0) is 8.10. The molecule has 0 atom stereocenters. The Labute approximate surface area is 64.2 Å². The predicted octanol–water partition coefficient (Wildman–Crippen LogP) is 0.805. The van der Waals surface area contributed by atoms with E-state index in [-0.39, 0.29) is 0 Å². The van der Waals surface area contributed by atoms with Crippen molar-refractivity contribution in [3.05, 3.63) is 24.0 Å². The Hall–Kier alpha value is -1.03. The molecule has 1 aromatic rings. The summed E-state index contributed by atoms with van der Waals surface area (Å²) in [5.41, 5.74) is 0. The highest BCUT2D eigenvalue weighted by Gasteiger charge is 1.95. The molecule has 0 aromatic carbocycles. The highest BCUT2D eigenvalue weighted by Crippen LogP contribution is 1.93. The third-order valence-electron chi connectivity index (χ3n) is 1.20. The maximum Gasteiger partial charge on any atom is 0.159 e. The number of aromatic nitrogens is 2. The van der Waals surface area contributed by atoms with Gasteiger partial charge in [0.2, 0.25) is 0 Å². The summed E-state index contributed by atoms with van der Waals surface area (Å²) in [6.45, 7) is 0.561. The van der Waals surface area contributed by atoms with Gasteiger partial charge in [0.1, 0.15) is 5.82 Å². The van der Waals surface area contributed by atoms with Crippen LogP contribution in [0.25, 0.3) is 0 Å². The maximum atomic E-state index is 12.3. The quantitative estimate of drug-likeness (QED) is 0.649. The van der Waals surface area contributed by atoms with Gasteiger partial charge >= 0.3 is 0 Å². The van der Waals surface area contributed by atoms with E-state index in [1.165, 1.54) is 0 Å². The van der Waals surface area contributed by atoms with E-state index < -0.39 is 5.82 Å². The summed E-state index contributed by atoms with van der Waals surface area (Å²) < 4.78 is 17.1. The largest absolute Gasteiger partial charge is 0.384 e. The van der Waals surface area contributed by atoms with Crippen LogP contribution in [0.1, 0.15) is 5.82 Å². The van der Waals surface area contributed by atoms with E-state index in [0.29, 0.717) is 18.9 Å². The summed E-state index contributed by atoms with van der Waals surface area (Å²) >= 11 is 0. The molecule has 0 aliphatic heterocycles. The van der Waals surface area contributed by atoms with Crippen LogP contribution >= 0.6 is 0 Å². The summed E-state index contributed by atoms with van der Waals surface area (Å²) in [5.74, 6) is 0.194.